The minimum atomic E-state index is -0.266. The molecular weight excluding hydrogens is 342 g/mol. The smallest absolute Gasteiger partial charge is 0.341 e. The fraction of sp³-hybridized carbons (Fsp3) is 0.227. The Hall–Kier alpha value is -2.46. The third-order valence-electron chi connectivity index (χ3n) is 4.22. The summed E-state index contributed by atoms with van der Waals surface area (Å²) in [6, 6.07) is 18.8. The topological polar surface area (TPSA) is 42.1 Å². The van der Waals surface area contributed by atoms with E-state index < -0.39 is 0 Å². The highest BCUT2D eigenvalue weighted by atomic mass is 32.2. The molecule has 3 aromatic rings. The first-order valence-electron chi connectivity index (χ1n) is 8.76. The van der Waals surface area contributed by atoms with E-state index in [1.165, 1.54) is 11.1 Å². The van der Waals surface area contributed by atoms with E-state index in [-0.39, 0.29) is 5.97 Å². The number of esters is 1. The van der Waals surface area contributed by atoms with Crippen LogP contribution in [0.3, 0.4) is 0 Å². The third kappa shape index (κ3) is 4.02. The van der Waals surface area contributed by atoms with Gasteiger partial charge in [0.25, 0.3) is 0 Å². The van der Waals surface area contributed by atoms with Crippen LogP contribution in [-0.4, -0.2) is 17.6 Å². The Labute approximate surface area is 158 Å². The normalized spacial score (nSPS) is 10.7. The van der Waals surface area contributed by atoms with Crippen molar-refractivity contribution in [1.29, 1.82) is 0 Å². The van der Waals surface area contributed by atoms with Crippen LogP contribution in [0.5, 0.6) is 0 Å². The van der Waals surface area contributed by atoms with Gasteiger partial charge in [-0.1, -0.05) is 60.3 Å². The van der Waals surface area contributed by atoms with E-state index in [1.54, 1.807) is 11.8 Å². The Balaban J connectivity index is 1.94. The van der Waals surface area contributed by atoms with Crippen LogP contribution in [0.1, 0.15) is 39.8 Å². The number of rotatable bonds is 6. The fourth-order valence-electron chi connectivity index (χ4n) is 3.01. The molecule has 4 heteroatoms. The zero-order chi connectivity index (χ0) is 18.5. The van der Waals surface area contributed by atoms with Gasteiger partial charge >= 0.3 is 5.97 Å². The number of aryl methyl sites for hydroxylation is 2. The van der Waals surface area contributed by atoms with Gasteiger partial charge in [0.15, 0.2) is 0 Å². The summed E-state index contributed by atoms with van der Waals surface area (Å²) in [6.45, 7) is 6.11. The second kappa shape index (κ2) is 8.28. The van der Waals surface area contributed by atoms with E-state index >= 15 is 0 Å². The van der Waals surface area contributed by atoms with Crippen molar-refractivity contribution in [3.63, 3.8) is 0 Å². The number of hydrogen-bond acceptors (Lipinski definition) is 3. The van der Waals surface area contributed by atoms with Crippen LogP contribution in [0.4, 0.5) is 0 Å². The molecule has 0 spiro atoms. The van der Waals surface area contributed by atoms with Crippen LogP contribution in [0.25, 0.3) is 0 Å². The van der Waals surface area contributed by atoms with Crippen molar-refractivity contribution in [2.24, 2.45) is 0 Å². The number of carbonyl (C=O) groups is 1. The number of nitrogens with one attached hydrogen (secondary N) is 1. The summed E-state index contributed by atoms with van der Waals surface area (Å²) in [7, 11) is 0. The van der Waals surface area contributed by atoms with Gasteiger partial charge in [0.1, 0.15) is 0 Å². The third-order valence-corrected chi connectivity index (χ3v) is 5.55. The average molecular weight is 365 g/mol. The van der Waals surface area contributed by atoms with Crippen molar-refractivity contribution >= 4 is 17.7 Å². The van der Waals surface area contributed by atoms with E-state index in [2.05, 4.69) is 47.4 Å². The summed E-state index contributed by atoms with van der Waals surface area (Å²) in [4.78, 5) is 17.8. The highest BCUT2D eigenvalue weighted by Gasteiger charge is 2.22. The monoisotopic (exact) mass is 365 g/mol. The summed E-state index contributed by atoms with van der Waals surface area (Å²) in [6.07, 6.45) is 0.862. The first-order chi connectivity index (χ1) is 12.6. The number of ether oxygens (including phenoxy) is 1. The van der Waals surface area contributed by atoms with Gasteiger partial charge in [0.2, 0.25) is 0 Å². The van der Waals surface area contributed by atoms with Crippen LogP contribution in [0, 0.1) is 13.8 Å². The molecule has 0 unspecified atom stereocenters. The van der Waals surface area contributed by atoms with E-state index in [0.717, 1.165) is 27.6 Å². The lowest BCUT2D eigenvalue weighted by Crippen LogP contribution is -2.06. The van der Waals surface area contributed by atoms with Crippen molar-refractivity contribution < 1.29 is 9.53 Å². The summed E-state index contributed by atoms with van der Waals surface area (Å²) in [5, 5.41) is 0. The Morgan fingerprint density at radius 3 is 2.42 bits per heavy atom. The van der Waals surface area contributed by atoms with Crippen molar-refractivity contribution in [2.75, 3.05) is 6.61 Å². The maximum Gasteiger partial charge on any atom is 0.341 e. The van der Waals surface area contributed by atoms with E-state index in [9.17, 15) is 4.79 Å². The number of carbonyl (C=O) groups excluding carboxylic acids is 1. The highest BCUT2D eigenvalue weighted by Crippen LogP contribution is 2.37. The molecule has 1 heterocycles. The van der Waals surface area contributed by atoms with Crippen molar-refractivity contribution in [3.8, 4) is 0 Å². The maximum atomic E-state index is 12.4. The second-order valence-corrected chi connectivity index (χ2v) is 7.22. The number of aromatic amines is 1. The Kier molecular flexibility index (Phi) is 5.84. The van der Waals surface area contributed by atoms with Gasteiger partial charge in [-0.05, 0) is 44.4 Å². The molecule has 0 aliphatic heterocycles. The van der Waals surface area contributed by atoms with Gasteiger partial charge in [-0.3, -0.25) is 0 Å². The largest absolute Gasteiger partial charge is 0.462 e. The molecule has 0 atom stereocenters. The van der Waals surface area contributed by atoms with Crippen LogP contribution in [0.15, 0.2) is 64.4 Å². The summed E-state index contributed by atoms with van der Waals surface area (Å²) < 4.78 is 5.25. The molecule has 0 saturated carbocycles. The first-order valence-corrected chi connectivity index (χ1v) is 9.57. The van der Waals surface area contributed by atoms with Gasteiger partial charge in [0, 0.05) is 21.2 Å². The number of H-pyrrole nitrogens is 1. The van der Waals surface area contributed by atoms with Crippen molar-refractivity contribution in [1.82, 2.24) is 4.98 Å². The number of benzene rings is 2. The molecule has 26 heavy (non-hydrogen) atoms. The standard InChI is InChI=1S/C22H23NO2S/c1-4-25-22(24)20-15(2)23-16(3)21(20)26-19-13-9-8-12-18(19)14-17-10-6-5-7-11-17/h5-13,23H,4,14H2,1-3H3. The Morgan fingerprint density at radius 2 is 1.69 bits per heavy atom. The highest BCUT2D eigenvalue weighted by molar-refractivity contribution is 7.99. The zero-order valence-electron chi connectivity index (χ0n) is 15.3. The number of aromatic nitrogens is 1. The lowest BCUT2D eigenvalue weighted by molar-refractivity contribution is 0.0522. The SMILES string of the molecule is CCOC(=O)c1c(C)[nH]c(C)c1Sc1ccccc1Cc1ccccc1. The molecule has 3 rings (SSSR count). The van der Waals surface area contributed by atoms with Gasteiger partial charge in [-0.15, -0.1) is 0 Å². The minimum absolute atomic E-state index is 0.266. The van der Waals surface area contributed by atoms with Crippen LogP contribution in [0.2, 0.25) is 0 Å². The molecule has 2 aromatic carbocycles. The molecule has 0 fully saturated rings. The number of hydrogen-bond donors (Lipinski definition) is 1. The lowest BCUT2D eigenvalue weighted by atomic mass is 10.1. The Bertz CT molecular complexity index is 900. The van der Waals surface area contributed by atoms with Crippen molar-refractivity contribution in [3.05, 3.63) is 82.7 Å². The van der Waals surface area contributed by atoms with Gasteiger partial charge in [-0.2, -0.15) is 0 Å². The maximum absolute atomic E-state index is 12.4. The molecular formula is C22H23NO2S. The van der Waals surface area contributed by atoms with E-state index in [1.807, 2.05) is 32.9 Å². The molecule has 1 N–H and O–H groups in total. The zero-order valence-corrected chi connectivity index (χ0v) is 16.2. The van der Waals surface area contributed by atoms with Gasteiger partial charge in [-0.25, -0.2) is 4.79 Å². The summed E-state index contributed by atoms with van der Waals surface area (Å²) in [5.41, 5.74) is 5.00. The van der Waals surface area contributed by atoms with Crippen molar-refractivity contribution in [2.45, 2.75) is 37.0 Å². The molecule has 0 radical (unpaired) electrons. The molecule has 3 nitrogen and oxygen atoms in total. The molecule has 1 aromatic heterocycles. The minimum Gasteiger partial charge on any atom is -0.462 e. The van der Waals surface area contributed by atoms with Crippen LogP contribution < -0.4 is 0 Å². The molecule has 0 amide bonds. The molecule has 0 saturated heterocycles. The molecule has 0 aliphatic carbocycles. The average Bonchev–Trinajstić information content (AvgIpc) is 2.91. The molecule has 0 aliphatic rings. The second-order valence-electron chi connectivity index (χ2n) is 6.17. The summed E-state index contributed by atoms with van der Waals surface area (Å²) in [5.74, 6) is -0.266. The van der Waals surface area contributed by atoms with E-state index in [0.29, 0.717) is 12.2 Å². The fourth-order valence-corrected chi connectivity index (χ4v) is 4.19. The van der Waals surface area contributed by atoms with Gasteiger partial charge in [0.05, 0.1) is 12.2 Å². The Morgan fingerprint density at radius 1 is 1.00 bits per heavy atom. The quantitative estimate of drug-likeness (QED) is 0.582. The van der Waals surface area contributed by atoms with Gasteiger partial charge < -0.3 is 9.72 Å². The lowest BCUT2D eigenvalue weighted by Gasteiger charge is -2.11. The molecule has 0 bridgehead atoms. The summed E-state index contributed by atoms with van der Waals surface area (Å²) >= 11 is 1.63. The van der Waals surface area contributed by atoms with Crippen LogP contribution in [-0.2, 0) is 11.2 Å². The van der Waals surface area contributed by atoms with E-state index in [4.69, 9.17) is 4.74 Å². The predicted molar refractivity (Wildman–Crippen MR) is 106 cm³/mol. The molecule has 134 valence electrons. The predicted octanol–water partition coefficient (Wildman–Crippen LogP) is 5.55. The first kappa shape index (κ1) is 18.3. The van der Waals surface area contributed by atoms with Crippen LogP contribution >= 0.6 is 11.8 Å².